The Morgan fingerprint density at radius 3 is 2.50 bits per heavy atom. The van der Waals surface area contributed by atoms with Gasteiger partial charge >= 0.3 is 0 Å². The first-order valence-electron chi connectivity index (χ1n) is 8.97. The third kappa shape index (κ3) is 3.03. The smallest absolute Gasteiger partial charge is 0.226 e. The number of imidazole rings is 1. The van der Waals surface area contributed by atoms with Gasteiger partial charge in [0, 0.05) is 24.7 Å². The number of hydrogen-bond acceptors (Lipinski definition) is 5. The van der Waals surface area contributed by atoms with Crippen LogP contribution in [0.15, 0.2) is 43.0 Å². The molecule has 0 unspecified atom stereocenters. The molecule has 1 fully saturated rings. The predicted molar refractivity (Wildman–Crippen MR) is 102 cm³/mol. The summed E-state index contributed by atoms with van der Waals surface area (Å²) in [7, 11) is 1.66. The SMILES string of the molecule is COc1ncnc(N2CCC(c3nc[nH]c3C)CC2)c1-c1ccccc1. The van der Waals surface area contributed by atoms with Crippen molar-refractivity contribution in [1.82, 2.24) is 19.9 Å². The Morgan fingerprint density at radius 1 is 1.08 bits per heavy atom. The van der Waals surface area contributed by atoms with Crippen LogP contribution in [0.25, 0.3) is 11.1 Å². The summed E-state index contributed by atoms with van der Waals surface area (Å²) in [5.74, 6) is 2.06. The summed E-state index contributed by atoms with van der Waals surface area (Å²) in [6, 6.07) is 10.2. The molecule has 0 spiro atoms. The lowest BCUT2D eigenvalue weighted by atomic mass is 9.92. The van der Waals surface area contributed by atoms with Crippen LogP contribution in [0, 0.1) is 6.92 Å². The van der Waals surface area contributed by atoms with E-state index in [4.69, 9.17) is 4.74 Å². The van der Waals surface area contributed by atoms with Crippen molar-refractivity contribution in [3.8, 4) is 17.0 Å². The Bertz CT molecular complexity index is 869. The minimum absolute atomic E-state index is 0.501. The first-order valence-corrected chi connectivity index (χ1v) is 8.97. The first kappa shape index (κ1) is 16.6. The highest BCUT2D eigenvalue weighted by Crippen LogP contribution is 2.38. The maximum Gasteiger partial charge on any atom is 0.226 e. The quantitative estimate of drug-likeness (QED) is 0.780. The fourth-order valence-electron chi connectivity index (χ4n) is 3.76. The van der Waals surface area contributed by atoms with Gasteiger partial charge in [-0.3, -0.25) is 0 Å². The van der Waals surface area contributed by atoms with Gasteiger partial charge in [0.05, 0.1) is 24.7 Å². The van der Waals surface area contributed by atoms with E-state index in [-0.39, 0.29) is 0 Å². The van der Waals surface area contributed by atoms with Crippen molar-refractivity contribution in [3.63, 3.8) is 0 Å². The second-order valence-electron chi connectivity index (χ2n) is 6.62. The fraction of sp³-hybridized carbons (Fsp3) is 0.350. The third-order valence-electron chi connectivity index (χ3n) is 5.10. The van der Waals surface area contributed by atoms with Crippen LogP contribution in [0.2, 0.25) is 0 Å². The number of methoxy groups -OCH3 is 1. The standard InChI is InChI=1S/C20H23N5O/c1-14-18(22-12-21-14)16-8-10-25(11-9-16)19-17(15-6-4-3-5-7-15)20(26-2)24-13-23-19/h3-7,12-13,16H,8-11H2,1-2H3,(H,21,22). The van der Waals surface area contributed by atoms with Crippen LogP contribution in [0.3, 0.4) is 0 Å². The number of aryl methyl sites for hydroxylation is 1. The average molecular weight is 349 g/mol. The van der Waals surface area contributed by atoms with Crippen molar-refractivity contribution in [2.24, 2.45) is 0 Å². The molecule has 0 atom stereocenters. The normalized spacial score (nSPS) is 15.2. The number of nitrogens with one attached hydrogen (secondary N) is 1. The van der Waals surface area contributed by atoms with E-state index in [0.29, 0.717) is 11.8 Å². The lowest BCUT2D eigenvalue weighted by molar-refractivity contribution is 0.398. The molecule has 1 aromatic carbocycles. The van der Waals surface area contributed by atoms with Crippen LogP contribution < -0.4 is 9.64 Å². The number of benzene rings is 1. The van der Waals surface area contributed by atoms with Gasteiger partial charge < -0.3 is 14.6 Å². The minimum Gasteiger partial charge on any atom is -0.480 e. The van der Waals surface area contributed by atoms with Crippen molar-refractivity contribution in [2.75, 3.05) is 25.1 Å². The molecule has 1 aliphatic rings. The Balaban J connectivity index is 1.62. The Kier molecular flexibility index (Phi) is 4.56. The van der Waals surface area contributed by atoms with Gasteiger partial charge in [0.2, 0.25) is 5.88 Å². The molecule has 1 saturated heterocycles. The zero-order chi connectivity index (χ0) is 17.9. The maximum absolute atomic E-state index is 5.54. The predicted octanol–water partition coefficient (Wildman–Crippen LogP) is 3.57. The van der Waals surface area contributed by atoms with Crippen LogP contribution in [0.1, 0.15) is 30.1 Å². The van der Waals surface area contributed by atoms with E-state index in [9.17, 15) is 0 Å². The van der Waals surface area contributed by atoms with E-state index in [2.05, 4.69) is 43.9 Å². The van der Waals surface area contributed by atoms with Gasteiger partial charge in [0.25, 0.3) is 0 Å². The lowest BCUT2D eigenvalue weighted by Crippen LogP contribution is -2.34. The molecular formula is C20H23N5O. The molecule has 4 rings (SSSR count). The largest absolute Gasteiger partial charge is 0.480 e. The van der Waals surface area contributed by atoms with Crippen molar-refractivity contribution >= 4 is 5.82 Å². The van der Waals surface area contributed by atoms with E-state index in [1.54, 1.807) is 19.8 Å². The molecule has 0 amide bonds. The molecule has 134 valence electrons. The first-order chi connectivity index (χ1) is 12.8. The van der Waals surface area contributed by atoms with E-state index >= 15 is 0 Å². The van der Waals surface area contributed by atoms with Crippen molar-refractivity contribution in [2.45, 2.75) is 25.7 Å². The van der Waals surface area contributed by atoms with Crippen LogP contribution >= 0.6 is 0 Å². The maximum atomic E-state index is 5.54. The molecule has 1 aliphatic heterocycles. The minimum atomic E-state index is 0.501. The van der Waals surface area contributed by atoms with Crippen LogP contribution in [-0.4, -0.2) is 40.1 Å². The molecular weight excluding hydrogens is 326 g/mol. The van der Waals surface area contributed by atoms with E-state index < -0.39 is 0 Å². The number of piperidine rings is 1. The van der Waals surface area contributed by atoms with Gasteiger partial charge in [-0.05, 0) is 25.3 Å². The summed E-state index contributed by atoms with van der Waals surface area (Å²) < 4.78 is 5.54. The number of nitrogens with zero attached hydrogens (tertiary/aromatic N) is 4. The highest BCUT2D eigenvalue weighted by molar-refractivity contribution is 5.80. The number of hydrogen-bond donors (Lipinski definition) is 1. The van der Waals surface area contributed by atoms with Crippen LogP contribution in [-0.2, 0) is 0 Å². The van der Waals surface area contributed by atoms with E-state index in [0.717, 1.165) is 42.9 Å². The molecule has 1 N–H and O–H groups in total. The van der Waals surface area contributed by atoms with E-state index in [1.807, 2.05) is 18.2 Å². The van der Waals surface area contributed by atoms with Crippen molar-refractivity contribution in [1.29, 1.82) is 0 Å². The molecule has 3 aromatic rings. The number of rotatable bonds is 4. The van der Waals surface area contributed by atoms with Gasteiger partial charge in [-0.2, -0.15) is 0 Å². The van der Waals surface area contributed by atoms with E-state index in [1.165, 1.54) is 11.4 Å². The zero-order valence-corrected chi connectivity index (χ0v) is 15.1. The summed E-state index contributed by atoms with van der Waals surface area (Å²) >= 11 is 0. The molecule has 6 nitrogen and oxygen atoms in total. The van der Waals surface area contributed by atoms with Gasteiger partial charge in [-0.1, -0.05) is 30.3 Å². The van der Waals surface area contributed by atoms with Crippen LogP contribution in [0.4, 0.5) is 5.82 Å². The fourth-order valence-corrected chi connectivity index (χ4v) is 3.76. The summed E-state index contributed by atoms with van der Waals surface area (Å²) in [4.78, 5) is 19.0. The van der Waals surface area contributed by atoms with Crippen molar-refractivity contribution in [3.05, 3.63) is 54.4 Å². The zero-order valence-electron chi connectivity index (χ0n) is 15.1. The molecule has 6 heteroatoms. The number of H-pyrrole nitrogens is 1. The van der Waals surface area contributed by atoms with Crippen molar-refractivity contribution < 1.29 is 4.74 Å². The Labute approximate surface area is 153 Å². The highest BCUT2D eigenvalue weighted by atomic mass is 16.5. The number of ether oxygens (including phenoxy) is 1. The molecule has 3 heterocycles. The van der Waals surface area contributed by atoms with Gasteiger partial charge in [0.15, 0.2) is 0 Å². The molecule has 0 radical (unpaired) electrons. The second-order valence-corrected chi connectivity index (χ2v) is 6.62. The third-order valence-corrected chi connectivity index (χ3v) is 5.10. The monoisotopic (exact) mass is 349 g/mol. The summed E-state index contributed by atoms with van der Waals surface area (Å²) in [6.07, 6.45) is 5.50. The summed E-state index contributed by atoms with van der Waals surface area (Å²) in [6.45, 7) is 3.98. The molecule has 2 aromatic heterocycles. The lowest BCUT2D eigenvalue weighted by Gasteiger charge is -2.33. The Hall–Kier alpha value is -2.89. The Morgan fingerprint density at radius 2 is 1.85 bits per heavy atom. The highest BCUT2D eigenvalue weighted by Gasteiger charge is 2.27. The molecule has 0 aliphatic carbocycles. The topological polar surface area (TPSA) is 66.9 Å². The molecule has 0 bridgehead atoms. The number of aromatic nitrogens is 4. The summed E-state index contributed by atoms with van der Waals surface area (Å²) in [5.41, 5.74) is 4.42. The number of aromatic amines is 1. The van der Waals surface area contributed by atoms with Crippen LogP contribution in [0.5, 0.6) is 5.88 Å². The molecule has 0 saturated carbocycles. The number of anilines is 1. The molecule has 26 heavy (non-hydrogen) atoms. The summed E-state index contributed by atoms with van der Waals surface area (Å²) in [5, 5.41) is 0. The van der Waals surface area contributed by atoms with Gasteiger partial charge in [-0.15, -0.1) is 0 Å². The second kappa shape index (κ2) is 7.15. The average Bonchev–Trinajstić information content (AvgIpc) is 3.14. The van der Waals surface area contributed by atoms with Gasteiger partial charge in [-0.25, -0.2) is 15.0 Å². The van der Waals surface area contributed by atoms with Gasteiger partial charge in [0.1, 0.15) is 12.1 Å².